The van der Waals surface area contributed by atoms with Crippen molar-refractivity contribution in [3.63, 3.8) is 0 Å². The maximum Gasteiger partial charge on any atom is 0.0366 e. The molecule has 0 spiro atoms. The summed E-state index contributed by atoms with van der Waals surface area (Å²) >= 11 is 0. The summed E-state index contributed by atoms with van der Waals surface area (Å²) in [6.07, 6.45) is 6.56. The molecular formula is C19H32N2. The van der Waals surface area contributed by atoms with Crippen molar-refractivity contribution in [1.82, 2.24) is 5.32 Å². The van der Waals surface area contributed by atoms with Gasteiger partial charge in [0.1, 0.15) is 0 Å². The summed E-state index contributed by atoms with van der Waals surface area (Å²) in [4.78, 5) is 2.56. The van der Waals surface area contributed by atoms with Gasteiger partial charge in [-0.3, -0.25) is 0 Å². The minimum Gasteiger partial charge on any atom is -0.371 e. The van der Waals surface area contributed by atoms with Gasteiger partial charge in [-0.25, -0.2) is 0 Å². The third kappa shape index (κ3) is 4.23. The molecular weight excluding hydrogens is 256 g/mol. The lowest BCUT2D eigenvalue weighted by Gasteiger charge is -2.42. The van der Waals surface area contributed by atoms with Gasteiger partial charge < -0.3 is 10.2 Å². The molecule has 0 amide bonds. The van der Waals surface area contributed by atoms with Crippen molar-refractivity contribution in [1.29, 1.82) is 0 Å². The summed E-state index contributed by atoms with van der Waals surface area (Å²) < 4.78 is 0. The lowest BCUT2D eigenvalue weighted by molar-refractivity contribution is 0.199. The van der Waals surface area contributed by atoms with Gasteiger partial charge in [-0.2, -0.15) is 0 Å². The van der Waals surface area contributed by atoms with Crippen molar-refractivity contribution in [2.24, 2.45) is 5.41 Å². The summed E-state index contributed by atoms with van der Waals surface area (Å²) in [6, 6.07) is 9.15. The van der Waals surface area contributed by atoms with Crippen LogP contribution in [-0.4, -0.2) is 19.6 Å². The van der Waals surface area contributed by atoms with E-state index in [1.807, 2.05) is 0 Å². The molecule has 2 heteroatoms. The van der Waals surface area contributed by atoms with Crippen LogP contribution in [0, 0.1) is 5.41 Å². The summed E-state index contributed by atoms with van der Waals surface area (Å²) in [7, 11) is 0. The van der Waals surface area contributed by atoms with Crippen LogP contribution in [0.5, 0.6) is 0 Å². The molecule has 1 heterocycles. The van der Waals surface area contributed by atoms with E-state index >= 15 is 0 Å². The van der Waals surface area contributed by atoms with Crippen LogP contribution in [0.4, 0.5) is 5.69 Å². The molecule has 1 aromatic carbocycles. The minimum absolute atomic E-state index is 0.612. The van der Waals surface area contributed by atoms with E-state index in [2.05, 4.69) is 55.3 Å². The third-order valence-electron chi connectivity index (χ3n) is 5.38. The van der Waals surface area contributed by atoms with Gasteiger partial charge in [0.25, 0.3) is 0 Å². The lowest BCUT2D eigenvalue weighted by atomic mass is 9.74. The zero-order valence-electron chi connectivity index (χ0n) is 14.1. The molecule has 1 aromatic rings. The van der Waals surface area contributed by atoms with Gasteiger partial charge >= 0.3 is 0 Å². The van der Waals surface area contributed by atoms with Crippen molar-refractivity contribution in [3.8, 4) is 0 Å². The maximum absolute atomic E-state index is 3.46. The molecule has 118 valence electrons. The number of anilines is 1. The van der Waals surface area contributed by atoms with Gasteiger partial charge in [0.2, 0.25) is 0 Å². The Bertz CT molecular complexity index is 396. The molecule has 0 radical (unpaired) electrons. The molecule has 0 aliphatic carbocycles. The second-order valence-electron chi connectivity index (χ2n) is 6.54. The molecule has 2 nitrogen and oxygen atoms in total. The number of hydrogen-bond acceptors (Lipinski definition) is 2. The fraction of sp³-hybridized carbons (Fsp3) is 0.684. The maximum atomic E-state index is 3.46. The Morgan fingerprint density at radius 2 is 1.62 bits per heavy atom. The summed E-state index contributed by atoms with van der Waals surface area (Å²) in [5.41, 5.74) is 3.40. The van der Waals surface area contributed by atoms with Gasteiger partial charge in [-0.15, -0.1) is 0 Å². The van der Waals surface area contributed by atoms with Crippen LogP contribution in [0.1, 0.15) is 58.4 Å². The average molecular weight is 288 g/mol. The molecule has 1 fully saturated rings. The van der Waals surface area contributed by atoms with Crippen molar-refractivity contribution in [2.45, 2.75) is 59.4 Å². The van der Waals surface area contributed by atoms with E-state index in [1.165, 1.54) is 56.4 Å². The van der Waals surface area contributed by atoms with Crippen molar-refractivity contribution < 1.29 is 0 Å². The fourth-order valence-electron chi connectivity index (χ4n) is 3.43. The highest BCUT2D eigenvalue weighted by atomic mass is 15.1. The van der Waals surface area contributed by atoms with Crippen molar-refractivity contribution >= 4 is 5.69 Å². The van der Waals surface area contributed by atoms with E-state index in [0.29, 0.717) is 5.41 Å². The highest BCUT2D eigenvalue weighted by Crippen LogP contribution is 2.39. The van der Waals surface area contributed by atoms with Gasteiger partial charge in [-0.05, 0) is 48.9 Å². The van der Waals surface area contributed by atoms with Crippen LogP contribution in [0.2, 0.25) is 0 Å². The summed E-state index contributed by atoms with van der Waals surface area (Å²) in [5, 5.41) is 3.46. The molecule has 21 heavy (non-hydrogen) atoms. The smallest absolute Gasteiger partial charge is 0.0366 e. The van der Waals surface area contributed by atoms with Gasteiger partial charge in [0.05, 0.1) is 0 Å². The number of nitrogens with one attached hydrogen (secondary N) is 1. The van der Waals surface area contributed by atoms with E-state index < -0.39 is 0 Å². The van der Waals surface area contributed by atoms with E-state index in [-0.39, 0.29) is 0 Å². The molecule has 0 atom stereocenters. The number of rotatable bonds is 7. The molecule has 1 saturated heterocycles. The van der Waals surface area contributed by atoms with E-state index in [0.717, 1.165) is 13.1 Å². The first-order chi connectivity index (χ1) is 10.2. The zero-order valence-corrected chi connectivity index (χ0v) is 14.1. The standard InChI is InChI=1S/C19H32N2/c1-4-13-20-16-17-7-9-18(10-8-17)21-14-11-19(5-2,6-3)12-15-21/h7-10,20H,4-6,11-16H2,1-3H3. The Hall–Kier alpha value is -1.02. The van der Waals surface area contributed by atoms with Gasteiger partial charge in [0, 0.05) is 25.3 Å². The molecule has 0 saturated carbocycles. The predicted molar refractivity (Wildman–Crippen MR) is 92.9 cm³/mol. The Labute approximate surface area is 130 Å². The average Bonchev–Trinajstić information content (AvgIpc) is 2.56. The summed E-state index contributed by atoms with van der Waals surface area (Å²) in [6.45, 7) is 11.4. The third-order valence-corrected chi connectivity index (χ3v) is 5.38. The Kier molecular flexibility index (Phi) is 6.10. The topological polar surface area (TPSA) is 15.3 Å². The highest BCUT2D eigenvalue weighted by Gasteiger charge is 2.31. The van der Waals surface area contributed by atoms with E-state index in [1.54, 1.807) is 0 Å². The van der Waals surface area contributed by atoms with Crippen LogP contribution in [0.25, 0.3) is 0 Å². The van der Waals surface area contributed by atoms with E-state index in [9.17, 15) is 0 Å². The van der Waals surface area contributed by atoms with Crippen LogP contribution < -0.4 is 10.2 Å². The van der Waals surface area contributed by atoms with Crippen molar-refractivity contribution in [3.05, 3.63) is 29.8 Å². The first-order valence-electron chi connectivity index (χ1n) is 8.77. The number of piperidine rings is 1. The Morgan fingerprint density at radius 3 is 2.14 bits per heavy atom. The minimum atomic E-state index is 0.612. The molecule has 0 aromatic heterocycles. The zero-order chi connectivity index (χ0) is 15.1. The molecule has 0 bridgehead atoms. The fourth-order valence-corrected chi connectivity index (χ4v) is 3.43. The Morgan fingerprint density at radius 1 is 1.00 bits per heavy atom. The predicted octanol–water partition coefficient (Wildman–Crippen LogP) is 4.59. The molecule has 1 N–H and O–H groups in total. The van der Waals surface area contributed by atoms with E-state index in [4.69, 9.17) is 0 Å². The number of nitrogens with zero attached hydrogens (tertiary/aromatic N) is 1. The first kappa shape index (κ1) is 16.4. The van der Waals surface area contributed by atoms with Crippen LogP contribution in [-0.2, 0) is 6.54 Å². The van der Waals surface area contributed by atoms with Gasteiger partial charge in [-0.1, -0.05) is 45.7 Å². The first-order valence-corrected chi connectivity index (χ1v) is 8.77. The molecule has 2 rings (SSSR count). The van der Waals surface area contributed by atoms with Crippen LogP contribution >= 0.6 is 0 Å². The lowest BCUT2D eigenvalue weighted by Crippen LogP contribution is -2.39. The Balaban J connectivity index is 1.89. The number of hydrogen-bond donors (Lipinski definition) is 1. The monoisotopic (exact) mass is 288 g/mol. The van der Waals surface area contributed by atoms with Crippen LogP contribution in [0.15, 0.2) is 24.3 Å². The summed E-state index contributed by atoms with van der Waals surface area (Å²) in [5.74, 6) is 0. The van der Waals surface area contributed by atoms with Crippen LogP contribution in [0.3, 0.4) is 0 Å². The van der Waals surface area contributed by atoms with Crippen molar-refractivity contribution in [2.75, 3.05) is 24.5 Å². The van der Waals surface area contributed by atoms with Gasteiger partial charge in [0.15, 0.2) is 0 Å². The molecule has 1 aliphatic rings. The second kappa shape index (κ2) is 7.84. The number of benzene rings is 1. The molecule has 1 aliphatic heterocycles. The SMILES string of the molecule is CCCNCc1ccc(N2CCC(CC)(CC)CC2)cc1. The quantitative estimate of drug-likeness (QED) is 0.738. The largest absolute Gasteiger partial charge is 0.371 e. The normalized spacial score (nSPS) is 18.0. The molecule has 0 unspecified atom stereocenters. The highest BCUT2D eigenvalue weighted by molar-refractivity contribution is 5.48. The second-order valence-corrected chi connectivity index (χ2v) is 6.54.